The number of carbonyl (C=O) groups excluding carboxylic acids is 4. The Morgan fingerprint density at radius 1 is 0.882 bits per heavy atom. The molecule has 0 bridgehead atoms. The van der Waals surface area contributed by atoms with Gasteiger partial charge in [-0.25, -0.2) is 18.1 Å². The Hall–Kier alpha value is -7.65. The van der Waals surface area contributed by atoms with E-state index in [-0.39, 0.29) is 46.6 Å². The van der Waals surface area contributed by atoms with Crippen LogP contribution in [-0.2, 0) is 32.6 Å². The Balaban J connectivity index is 0.669. The van der Waals surface area contributed by atoms with Gasteiger partial charge < -0.3 is 29.7 Å². The number of nitrogens with one attached hydrogen (secondary N) is 4. The van der Waals surface area contributed by atoms with E-state index in [2.05, 4.69) is 72.1 Å². The fourth-order valence-corrected chi connectivity index (χ4v) is 13.9. The van der Waals surface area contributed by atoms with Crippen LogP contribution in [0.25, 0.3) is 16.6 Å². The number of H-pyrrole nitrogens is 1. The highest BCUT2D eigenvalue weighted by Gasteiger charge is 2.40. The number of imide groups is 1. The van der Waals surface area contributed by atoms with Crippen LogP contribution < -0.4 is 25.0 Å². The summed E-state index contributed by atoms with van der Waals surface area (Å²) in [7, 11) is -4.62. The van der Waals surface area contributed by atoms with Crippen molar-refractivity contribution in [2.24, 2.45) is 11.3 Å². The molecule has 2 aromatic heterocycles. The average Bonchev–Trinajstić information content (AvgIpc) is 2.99. The van der Waals surface area contributed by atoms with Gasteiger partial charge in [0.2, 0.25) is 11.8 Å². The molecule has 4 amide bonds. The molecule has 0 saturated carbocycles. The van der Waals surface area contributed by atoms with E-state index in [4.69, 9.17) is 16.3 Å². The van der Waals surface area contributed by atoms with Crippen molar-refractivity contribution in [2.75, 3.05) is 69.1 Å². The summed E-state index contributed by atoms with van der Waals surface area (Å²) in [6.45, 7) is 12.2. The highest BCUT2D eigenvalue weighted by molar-refractivity contribution is 7.90. The number of anilines is 2. The van der Waals surface area contributed by atoms with Gasteiger partial charge in [0.1, 0.15) is 28.9 Å². The lowest BCUT2D eigenvalue weighted by Crippen LogP contribution is -2.52. The zero-order valence-corrected chi connectivity index (χ0v) is 49.7. The molecule has 1 atom stereocenters. The van der Waals surface area contributed by atoms with Gasteiger partial charge in [-0.1, -0.05) is 68.1 Å². The molecule has 19 nitrogen and oxygen atoms in total. The number of carbonyl (C=O) groups is 4. The molecule has 0 spiro atoms. The Kier molecular flexibility index (Phi) is 17.7. The van der Waals surface area contributed by atoms with Gasteiger partial charge in [-0.2, -0.15) is 0 Å². The van der Waals surface area contributed by atoms with Crippen LogP contribution >= 0.6 is 11.6 Å². The zero-order chi connectivity index (χ0) is 59.4. The largest absolute Gasteiger partial charge is 0.455 e. The summed E-state index contributed by atoms with van der Waals surface area (Å²) in [5, 5.41) is 19.6. The van der Waals surface area contributed by atoms with E-state index >= 15 is 0 Å². The first-order valence-corrected chi connectivity index (χ1v) is 31.6. The lowest BCUT2D eigenvalue weighted by molar-refractivity contribution is -0.384. The van der Waals surface area contributed by atoms with Gasteiger partial charge in [0, 0.05) is 92.2 Å². The lowest BCUT2D eigenvalue weighted by atomic mass is 9.72. The number of halogens is 1. The molecule has 0 radical (unpaired) electrons. The van der Waals surface area contributed by atoms with Crippen LogP contribution in [0, 0.1) is 21.4 Å². The van der Waals surface area contributed by atoms with Crippen LogP contribution in [0.4, 0.5) is 17.1 Å². The predicted molar refractivity (Wildman–Crippen MR) is 327 cm³/mol. The molecular weight excluding hydrogens is 1120 g/mol. The van der Waals surface area contributed by atoms with Crippen LogP contribution in [0.1, 0.15) is 122 Å². The summed E-state index contributed by atoms with van der Waals surface area (Å²) in [5.41, 5.74) is 8.21. The molecule has 3 saturated heterocycles. The van der Waals surface area contributed by atoms with Crippen molar-refractivity contribution in [3.63, 3.8) is 0 Å². The summed E-state index contributed by atoms with van der Waals surface area (Å²) in [6, 6.07) is 25.6. The number of nitro groups is 1. The van der Waals surface area contributed by atoms with Gasteiger partial charge in [0.05, 0.1) is 21.6 Å². The number of fused-ring (bicyclic) bond motifs is 2. The summed E-state index contributed by atoms with van der Waals surface area (Å²) in [5.74, 6) is -1.12. The van der Waals surface area contributed by atoms with Crippen molar-refractivity contribution in [1.29, 1.82) is 0 Å². The first-order chi connectivity index (χ1) is 40.9. The highest BCUT2D eigenvalue weighted by atomic mass is 35.5. The number of sulfonamides is 1. The lowest BCUT2D eigenvalue weighted by Gasteiger charge is -2.39. The van der Waals surface area contributed by atoms with E-state index in [0.29, 0.717) is 49.6 Å². The normalized spacial score (nSPS) is 18.9. The van der Waals surface area contributed by atoms with Crippen molar-refractivity contribution >= 4 is 78.9 Å². The van der Waals surface area contributed by atoms with Crippen LogP contribution in [-0.4, -0.2) is 127 Å². The van der Waals surface area contributed by atoms with Crippen molar-refractivity contribution in [2.45, 2.75) is 108 Å². The van der Waals surface area contributed by atoms with Crippen molar-refractivity contribution < 1.29 is 37.3 Å². The number of aryl methyl sites for hydroxylation is 1. The Bertz CT molecular complexity index is 3670. The Labute approximate surface area is 500 Å². The number of aromatic nitrogens is 2. The molecule has 1 aliphatic carbocycles. The van der Waals surface area contributed by atoms with Gasteiger partial charge in [-0.3, -0.25) is 39.5 Å². The third-order valence-corrected chi connectivity index (χ3v) is 19.3. The molecule has 6 aromatic rings. The minimum atomic E-state index is -4.62. The molecule has 11 rings (SSSR count). The van der Waals surface area contributed by atoms with Gasteiger partial charge in [0.25, 0.3) is 27.5 Å². The molecule has 4 aromatic carbocycles. The van der Waals surface area contributed by atoms with E-state index in [9.17, 15) is 37.7 Å². The number of nitro benzene ring substituents is 1. The van der Waals surface area contributed by atoms with Crippen LogP contribution in [0.3, 0.4) is 0 Å². The minimum absolute atomic E-state index is 0.0493. The molecule has 5 aliphatic rings. The molecule has 4 aliphatic heterocycles. The monoisotopic (exact) mass is 1190 g/mol. The third-order valence-electron chi connectivity index (χ3n) is 17.7. The van der Waals surface area contributed by atoms with Gasteiger partial charge in [-0.15, -0.1) is 0 Å². The van der Waals surface area contributed by atoms with Crippen LogP contribution in [0.5, 0.6) is 11.5 Å². The van der Waals surface area contributed by atoms with E-state index in [0.717, 1.165) is 137 Å². The summed E-state index contributed by atoms with van der Waals surface area (Å²) < 4.78 is 36.5. The summed E-state index contributed by atoms with van der Waals surface area (Å²) in [6.07, 6.45) is 13.8. The molecule has 3 fully saturated rings. The predicted octanol–water partition coefficient (Wildman–Crippen LogP) is 10.5. The number of hydrogen-bond acceptors (Lipinski definition) is 14. The second-order valence-corrected chi connectivity index (χ2v) is 26.2. The van der Waals surface area contributed by atoms with Crippen molar-refractivity contribution in [1.82, 2.24) is 34.7 Å². The number of unbranched alkanes of at least 4 members (excludes halogenated alkanes) is 3. The van der Waals surface area contributed by atoms with Gasteiger partial charge in [-0.05, 0) is 166 Å². The maximum atomic E-state index is 14.2. The number of ether oxygens (including phenoxy) is 1. The molecule has 21 heteroatoms. The zero-order valence-electron chi connectivity index (χ0n) is 48.2. The second kappa shape index (κ2) is 25.5. The number of aromatic amines is 1. The molecule has 85 heavy (non-hydrogen) atoms. The molecule has 6 heterocycles. The number of amides is 4. The number of rotatable bonds is 21. The van der Waals surface area contributed by atoms with E-state index in [1.165, 1.54) is 35.0 Å². The molecule has 1 unspecified atom stereocenters. The Morgan fingerprint density at radius 2 is 1.67 bits per heavy atom. The number of benzene rings is 4. The maximum Gasteiger partial charge on any atom is 0.293 e. The molecular formula is C64H73ClN10O9S. The fourth-order valence-electron chi connectivity index (χ4n) is 12.8. The van der Waals surface area contributed by atoms with Crippen LogP contribution in [0.15, 0.2) is 114 Å². The maximum absolute atomic E-state index is 14.2. The third kappa shape index (κ3) is 13.9. The number of likely N-dealkylation sites (tertiary alicyclic amines) is 1. The number of piperazine rings is 1. The fraction of sp³-hybridized carbons (Fsp3) is 0.422. The van der Waals surface area contributed by atoms with Gasteiger partial charge in [0.15, 0.2) is 0 Å². The highest BCUT2D eigenvalue weighted by Crippen LogP contribution is 2.44. The molecule has 446 valence electrons. The van der Waals surface area contributed by atoms with E-state index in [1.807, 2.05) is 30.3 Å². The Morgan fingerprint density at radius 3 is 2.45 bits per heavy atom. The quantitative estimate of drug-likeness (QED) is 0.0227. The van der Waals surface area contributed by atoms with Gasteiger partial charge >= 0.3 is 0 Å². The SMILES string of the molecule is CC1(C)CCC(CN2CCN(c3ccc(C(=O)NS(=O)(=O)c4ccc(NCC5CCN(CCCCCCc6cccc7c6CN(C6CCC(=O)NC6=O)C7=O)CC5)c([N+](=O)[O-])c4)c(Oc4cnc5[nH]ccc5c4)c3)CC2)=C(c2ccc(Cl)cc2)C1. The number of pyridine rings is 1. The minimum Gasteiger partial charge on any atom is -0.455 e. The van der Waals surface area contributed by atoms with E-state index < -0.39 is 43.4 Å². The number of allylic oxidation sites excluding steroid dienone is 1. The molecule has 4 N–H and O–H groups in total. The summed E-state index contributed by atoms with van der Waals surface area (Å²) >= 11 is 6.27. The van der Waals surface area contributed by atoms with Crippen molar-refractivity contribution in [3.8, 4) is 11.5 Å². The average molecular weight is 1190 g/mol. The van der Waals surface area contributed by atoms with Crippen molar-refractivity contribution in [3.05, 3.63) is 152 Å². The first kappa shape index (κ1) is 59.1. The number of nitrogens with zero attached hydrogens (tertiary/aromatic N) is 6. The number of piperidine rings is 2. The van der Waals surface area contributed by atoms with Crippen LogP contribution in [0.2, 0.25) is 5.02 Å². The smallest absolute Gasteiger partial charge is 0.293 e. The first-order valence-electron chi connectivity index (χ1n) is 29.7. The summed E-state index contributed by atoms with van der Waals surface area (Å²) in [4.78, 5) is 79.3. The topological polar surface area (TPSA) is 233 Å². The standard InChI is InChI=1S/C64H73ClN10O9S/c1-64(2)25-21-46(53(37-64)44-11-13-47(65)14-12-44)40-72-30-32-73(33-31-72)48-15-17-52(58(35-48)84-49-34-45-22-26-66-60(45)68-39-49)61(77)70-85(82,83)50-16-18-55(57(36-50)75(80)81)67-38-42-23-28-71(29-24-42)27-6-4-3-5-8-43-9-7-10-51-54(43)41-74(63(51)79)56-19-20-59(76)69-62(56)78/h7,9-18,22,26,34-36,39,42,56,67H,3-6,8,19-21,23-25,27-33,37-38,40-41H2,1-2H3,(H,66,68)(H,70,77)(H,69,76,78). The second-order valence-electron chi connectivity index (χ2n) is 24.1. The van der Waals surface area contributed by atoms with E-state index in [1.54, 1.807) is 35.4 Å². The number of hydrogen-bond donors (Lipinski definition) is 4.